The summed E-state index contributed by atoms with van der Waals surface area (Å²) in [5, 5.41) is 4.56. The highest BCUT2D eigenvalue weighted by molar-refractivity contribution is 5.79. The average Bonchev–Trinajstić information content (AvgIpc) is 3.34. The first kappa shape index (κ1) is 19.0. The lowest BCUT2D eigenvalue weighted by atomic mass is 9.92. The Bertz CT molecular complexity index is 1310. The zero-order valence-corrected chi connectivity index (χ0v) is 17.7. The maximum absolute atomic E-state index is 11.4. The first-order valence-electron chi connectivity index (χ1n) is 11.0. The van der Waals surface area contributed by atoms with Gasteiger partial charge >= 0.3 is 6.01 Å². The molecule has 1 N–H and O–H groups in total. The number of carbonyl (C=O) groups is 1. The van der Waals surface area contributed by atoms with Crippen LogP contribution < -0.4 is 9.64 Å². The predicted octanol–water partition coefficient (Wildman–Crippen LogP) is 3.68. The quantitative estimate of drug-likeness (QED) is 0.467. The third-order valence-electron chi connectivity index (χ3n) is 6.34. The molecule has 4 heterocycles. The molecule has 1 aliphatic heterocycles. The van der Waals surface area contributed by atoms with Gasteiger partial charge < -0.3 is 19.4 Å². The number of hydrogen-bond acceptors (Lipinski definition) is 7. The summed E-state index contributed by atoms with van der Waals surface area (Å²) < 4.78 is 8.39. The van der Waals surface area contributed by atoms with E-state index in [0.29, 0.717) is 18.2 Å². The number of rotatable bonds is 6. The minimum absolute atomic E-state index is 0.245. The largest absolute Gasteiger partial charge is 0.423 e. The molecule has 0 saturated heterocycles. The fourth-order valence-electron chi connectivity index (χ4n) is 4.45. The number of nitrogens with zero attached hydrogens (tertiary/aromatic N) is 6. The Kier molecular flexibility index (Phi) is 4.41. The highest BCUT2D eigenvalue weighted by Crippen LogP contribution is 2.44. The van der Waals surface area contributed by atoms with Gasteiger partial charge in [-0.05, 0) is 44.7 Å². The van der Waals surface area contributed by atoms with Gasteiger partial charge in [-0.1, -0.05) is 0 Å². The summed E-state index contributed by atoms with van der Waals surface area (Å²) >= 11 is 0. The highest BCUT2D eigenvalue weighted by atomic mass is 16.5. The van der Waals surface area contributed by atoms with E-state index >= 15 is 0 Å². The molecule has 1 atom stereocenters. The summed E-state index contributed by atoms with van der Waals surface area (Å²) in [7, 11) is 0. The predicted molar refractivity (Wildman–Crippen MR) is 119 cm³/mol. The number of anilines is 1. The van der Waals surface area contributed by atoms with Crippen molar-refractivity contribution in [2.24, 2.45) is 0 Å². The lowest BCUT2D eigenvalue weighted by Crippen LogP contribution is -2.38. The number of aromatic nitrogens is 6. The number of ether oxygens (including phenoxy) is 1. The average molecular weight is 429 g/mol. The maximum Gasteiger partial charge on any atom is 0.324 e. The first-order chi connectivity index (χ1) is 15.7. The summed E-state index contributed by atoms with van der Waals surface area (Å²) in [5.74, 6) is 0.718. The van der Waals surface area contributed by atoms with Crippen LogP contribution in [0, 0.1) is 0 Å². The Balaban J connectivity index is 1.48. The second-order valence-electron chi connectivity index (χ2n) is 8.48. The molecule has 3 aromatic heterocycles. The Morgan fingerprint density at radius 2 is 2.12 bits per heavy atom. The molecule has 162 valence electrons. The van der Waals surface area contributed by atoms with Gasteiger partial charge in [0.2, 0.25) is 0 Å². The zero-order valence-electron chi connectivity index (χ0n) is 17.7. The molecule has 1 aromatic carbocycles. The van der Waals surface area contributed by atoms with Crippen molar-refractivity contribution in [1.29, 1.82) is 0 Å². The standard InChI is InChI=1S/C23H23N7O2/c1-14-2-5-18-20(29(14)8-9-31)7-6-17(15-10-27-30(12-15)16-3-4-16)21(18)32-23-24-11-19-22(28-23)26-13-25-19/h6-7,9-14,16H,2-5,8H2,1H3,(H,24,25,26,28). The van der Waals surface area contributed by atoms with Crippen LogP contribution in [0.2, 0.25) is 0 Å². The Hall–Kier alpha value is -3.75. The van der Waals surface area contributed by atoms with E-state index in [1.165, 1.54) is 12.8 Å². The molecule has 0 bridgehead atoms. The van der Waals surface area contributed by atoms with Crippen molar-refractivity contribution in [2.45, 2.75) is 44.7 Å². The van der Waals surface area contributed by atoms with E-state index in [9.17, 15) is 4.79 Å². The SMILES string of the molecule is CC1CCc2c(ccc(-c3cnn(C4CC4)c3)c2Oc2ncc3[nH]cnc3n2)N1CC=O. The molecule has 1 unspecified atom stereocenters. The van der Waals surface area contributed by atoms with E-state index in [4.69, 9.17) is 4.74 Å². The van der Waals surface area contributed by atoms with Gasteiger partial charge in [0.15, 0.2) is 5.65 Å². The number of benzene rings is 1. The lowest BCUT2D eigenvalue weighted by Gasteiger charge is -2.36. The fraction of sp³-hybridized carbons (Fsp3) is 0.348. The van der Waals surface area contributed by atoms with Crippen molar-refractivity contribution >= 4 is 23.1 Å². The number of nitrogens with one attached hydrogen (secondary N) is 1. The van der Waals surface area contributed by atoms with Crippen LogP contribution in [0.4, 0.5) is 5.69 Å². The van der Waals surface area contributed by atoms with Gasteiger partial charge in [0, 0.05) is 34.6 Å². The van der Waals surface area contributed by atoms with E-state index in [1.54, 1.807) is 12.5 Å². The third kappa shape index (κ3) is 3.21. The van der Waals surface area contributed by atoms with Crippen LogP contribution in [-0.2, 0) is 11.2 Å². The molecule has 4 aromatic rings. The lowest BCUT2D eigenvalue weighted by molar-refractivity contribution is -0.106. The monoisotopic (exact) mass is 429 g/mol. The van der Waals surface area contributed by atoms with Crippen molar-refractivity contribution in [1.82, 2.24) is 29.7 Å². The number of hydrogen-bond donors (Lipinski definition) is 1. The van der Waals surface area contributed by atoms with Crippen molar-refractivity contribution in [3.63, 3.8) is 0 Å². The fourth-order valence-corrected chi connectivity index (χ4v) is 4.45. The van der Waals surface area contributed by atoms with Gasteiger partial charge in [0.05, 0.1) is 31.3 Å². The molecule has 0 amide bonds. The molecule has 1 aliphatic carbocycles. The minimum Gasteiger partial charge on any atom is -0.423 e. The number of imidazole rings is 1. The summed E-state index contributed by atoms with van der Waals surface area (Å²) in [6.07, 6.45) is 12.3. The van der Waals surface area contributed by atoms with Gasteiger partial charge in [-0.15, -0.1) is 0 Å². The van der Waals surface area contributed by atoms with Gasteiger partial charge in [0.25, 0.3) is 0 Å². The van der Waals surface area contributed by atoms with Gasteiger partial charge in [-0.3, -0.25) is 4.68 Å². The molecular weight excluding hydrogens is 406 g/mol. The summed E-state index contributed by atoms with van der Waals surface area (Å²) in [4.78, 5) is 29.5. The topological polar surface area (TPSA) is 102 Å². The van der Waals surface area contributed by atoms with Crippen molar-refractivity contribution in [3.8, 4) is 22.9 Å². The number of aldehydes is 1. The summed E-state index contributed by atoms with van der Waals surface area (Å²) in [6, 6.07) is 5.16. The molecule has 6 rings (SSSR count). The van der Waals surface area contributed by atoms with E-state index in [2.05, 4.69) is 49.1 Å². The van der Waals surface area contributed by atoms with Crippen LogP contribution in [0.15, 0.2) is 37.1 Å². The highest BCUT2D eigenvalue weighted by Gasteiger charge is 2.29. The second kappa shape index (κ2) is 7.44. The van der Waals surface area contributed by atoms with Gasteiger partial charge in [0.1, 0.15) is 17.6 Å². The zero-order chi connectivity index (χ0) is 21.7. The number of fused-ring (bicyclic) bond motifs is 2. The third-order valence-corrected chi connectivity index (χ3v) is 6.34. The van der Waals surface area contributed by atoms with E-state index in [0.717, 1.165) is 52.8 Å². The van der Waals surface area contributed by atoms with Gasteiger partial charge in [-0.25, -0.2) is 9.97 Å². The molecule has 9 heteroatoms. The van der Waals surface area contributed by atoms with Gasteiger partial charge in [-0.2, -0.15) is 10.1 Å². The summed E-state index contributed by atoms with van der Waals surface area (Å²) in [5.41, 5.74) is 5.33. The summed E-state index contributed by atoms with van der Waals surface area (Å²) in [6.45, 7) is 2.50. The van der Waals surface area contributed by atoms with Crippen LogP contribution in [0.25, 0.3) is 22.3 Å². The van der Waals surface area contributed by atoms with E-state index in [1.807, 2.05) is 16.9 Å². The number of aromatic amines is 1. The number of carbonyl (C=O) groups excluding carboxylic acids is 1. The number of H-pyrrole nitrogens is 1. The Morgan fingerprint density at radius 1 is 1.22 bits per heavy atom. The Morgan fingerprint density at radius 3 is 2.97 bits per heavy atom. The smallest absolute Gasteiger partial charge is 0.324 e. The molecule has 32 heavy (non-hydrogen) atoms. The van der Waals surface area contributed by atoms with Crippen LogP contribution in [0.5, 0.6) is 11.8 Å². The minimum atomic E-state index is 0.245. The molecule has 1 saturated carbocycles. The Labute approximate surface area is 184 Å². The second-order valence-corrected chi connectivity index (χ2v) is 8.48. The maximum atomic E-state index is 11.4. The van der Waals surface area contributed by atoms with E-state index in [-0.39, 0.29) is 12.1 Å². The molecule has 0 radical (unpaired) electrons. The molecule has 2 aliphatic rings. The normalized spacial score (nSPS) is 18.0. The van der Waals surface area contributed by atoms with Crippen molar-refractivity contribution in [3.05, 3.63) is 42.6 Å². The van der Waals surface area contributed by atoms with Crippen molar-refractivity contribution in [2.75, 3.05) is 11.4 Å². The molecule has 1 fully saturated rings. The van der Waals surface area contributed by atoms with Crippen molar-refractivity contribution < 1.29 is 9.53 Å². The molecule has 0 spiro atoms. The van der Waals surface area contributed by atoms with Crippen LogP contribution in [0.1, 0.15) is 37.8 Å². The van der Waals surface area contributed by atoms with Crippen LogP contribution in [-0.4, -0.2) is 48.6 Å². The van der Waals surface area contributed by atoms with Crippen LogP contribution in [0.3, 0.4) is 0 Å². The van der Waals surface area contributed by atoms with Crippen LogP contribution >= 0.6 is 0 Å². The first-order valence-corrected chi connectivity index (χ1v) is 11.0. The molecule has 9 nitrogen and oxygen atoms in total. The molecular formula is C23H23N7O2. The van der Waals surface area contributed by atoms with E-state index < -0.39 is 0 Å².